The highest BCUT2D eigenvalue weighted by molar-refractivity contribution is 5.85. The summed E-state index contributed by atoms with van der Waals surface area (Å²) >= 11 is 0. The van der Waals surface area contributed by atoms with E-state index in [9.17, 15) is 4.79 Å². The van der Waals surface area contributed by atoms with Gasteiger partial charge in [0.1, 0.15) is 0 Å². The number of nitrogens with one attached hydrogen (secondary N) is 2. The van der Waals surface area contributed by atoms with E-state index in [-0.39, 0.29) is 18.3 Å². The summed E-state index contributed by atoms with van der Waals surface area (Å²) in [5.41, 5.74) is 1.30. The van der Waals surface area contributed by atoms with Gasteiger partial charge >= 0.3 is 0 Å². The van der Waals surface area contributed by atoms with Crippen molar-refractivity contribution < 1.29 is 4.79 Å². The van der Waals surface area contributed by atoms with E-state index in [2.05, 4.69) is 57.7 Å². The molecule has 1 unspecified atom stereocenters. The van der Waals surface area contributed by atoms with Gasteiger partial charge in [0.05, 0.1) is 6.54 Å². The number of carbonyl (C=O) groups is 1. The molecule has 0 spiro atoms. The quantitative estimate of drug-likeness (QED) is 0.817. The first-order valence-corrected chi connectivity index (χ1v) is 7.66. The SMILES string of the molecule is CNCC(=O)NCC(C)N1CCN(c2ccccc2)CC1.Cl. The minimum atomic E-state index is 0. The molecule has 1 aromatic carbocycles. The predicted molar refractivity (Wildman–Crippen MR) is 93.9 cm³/mol. The number of para-hydroxylation sites is 1. The largest absolute Gasteiger partial charge is 0.369 e. The topological polar surface area (TPSA) is 47.6 Å². The van der Waals surface area contributed by atoms with Gasteiger partial charge in [0.15, 0.2) is 0 Å². The van der Waals surface area contributed by atoms with Crippen molar-refractivity contribution in [1.29, 1.82) is 0 Å². The number of rotatable bonds is 6. The third-order valence-electron chi connectivity index (χ3n) is 3.99. The molecule has 124 valence electrons. The third-order valence-corrected chi connectivity index (χ3v) is 3.99. The van der Waals surface area contributed by atoms with Gasteiger partial charge in [-0.15, -0.1) is 12.4 Å². The second-order valence-electron chi connectivity index (χ2n) is 5.54. The Kier molecular flexibility index (Phi) is 8.24. The monoisotopic (exact) mass is 326 g/mol. The number of carbonyl (C=O) groups excluding carboxylic acids is 1. The molecule has 0 aromatic heterocycles. The molecule has 1 aromatic rings. The first-order chi connectivity index (χ1) is 10.2. The summed E-state index contributed by atoms with van der Waals surface area (Å²) in [6, 6.07) is 10.9. The number of hydrogen-bond acceptors (Lipinski definition) is 4. The smallest absolute Gasteiger partial charge is 0.234 e. The van der Waals surface area contributed by atoms with Gasteiger partial charge in [-0.05, 0) is 26.1 Å². The zero-order valence-electron chi connectivity index (χ0n) is 13.4. The Morgan fingerprint density at radius 1 is 1.18 bits per heavy atom. The third kappa shape index (κ3) is 5.48. The van der Waals surface area contributed by atoms with Crippen molar-refractivity contribution in [3.63, 3.8) is 0 Å². The molecule has 0 saturated carbocycles. The normalized spacial score (nSPS) is 16.7. The van der Waals surface area contributed by atoms with Crippen LogP contribution in [0.1, 0.15) is 6.92 Å². The molecule has 22 heavy (non-hydrogen) atoms. The standard InChI is InChI=1S/C16H26N4O.ClH/c1-14(12-18-16(21)13-17-2)19-8-10-20(11-9-19)15-6-4-3-5-7-15;/h3-7,14,17H,8-13H2,1-2H3,(H,18,21);1H. The van der Waals surface area contributed by atoms with Crippen LogP contribution in [0.3, 0.4) is 0 Å². The molecule has 1 aliphatic heterocycles. The lowest BCUT2D eigenvalue weighted by molar-refractivity contribution is -0.120. The van der Waals surface area contributed by atoms with Crippen LogP contribution in [-0.2, 0) is 4.79 Å². The highest BCUT2D eigenvalue weighted by atomic mass is 35.5. The van der Waals surface area contributed by atoms with Crippen molar-refractivity contribution in [3.8, 4) is 0 Å². The van der Waals surface area contributed by atoms with Crippen molar-refractivity contribution >= 4 is 24.0 Å². The number of hydrogen-bond donors (Lipinski definition) is 2. The number of amides is 1. The Morgan fingerprint density at radius 2 is 1.82 bits per heavy atom. The van der Waals surface area contributed by atoms with E-state index in [0.29, 0.717) is 19.1 Å². The molecule has 1 saturated heterocycles. The summed E-state index contributed by atoms with van der Waals surface area (Å²) in [6.45, 7) is 7.44. The van der Waals surface area contributed by atoms with Crippen LogP contribution in [0.5, 0.6) is 0 Å². The highest BCUT2D eigenvalue weighted by Gasteiger charge is 2.21. The molecule has 0 aliphatic carbocycles. The lowest BCUT2D eigenvalue weighted by atomic mass is 10.2. The molecule has 0 bridgehead atoms. The maximum atomic E-state index is 11.5. The van der Waals surface area contributed by atoms with Crippen LogP contribution < -0.4 is 15.5 Å². The first-order valence-electron chi connectivity index (χ1n) is 7.66. The number of anilines is 1. The lowest BCUT2D eigenvalue weighted by Crippen LogP contribution is -2.52. The van der Waals surface area contributed by atoms with E-state index in [1.54, 1.807) is 7.05 Å². The van der Waals surface area contributed by atoms with E-state index in [4.69, 9.17) is 0 Å². The molecular formula is C16H27ClN4O. The summed E-state index contributed by atoms with van der Waals surface area (Å²) < 4.78 is 0. The van der Waals surface area contributed by atoms with Gasteiger partial charge in [0, 0.05) is 44.5 Å². The van der Waals surface area contributed by atoms with Crippen LogP contribution in [0.2, 0.25) is 0 Å². The fourth-order valence-electron chi connectivity index (χ4n) is 2.67. The number of benzene rings is 1. The van der Waals surface area contributed by atoms with E-state index in [1.807, 2.05) is 0 Å². The maximum absolute atomic E-state index is 11.5. The molecule has 1 aliphatic rings. The van der Waals surface area contributed by atoms with Crippen LogP contribution in [0, 0.1) is 0 Å². The highest BCUT2D eigenvalue weighted by Crippen LogP contribution is 2.16. The Morgan fingerprint density at radius 3 is 2.41 bits per heavy atom. The molecule has 0 radical (unpaired) electrons. The van der Waals surface area contributed by atoms with Crippen molar-refractivity contribution in [2.75, 3.05) is 51.2 Å². The van der Waals surface area contributed by atoms with Crippen LogP contribution in [0.4, 0.5) is 5.69 Å². The van der Waals surface area contributed by atoms with Gasteiger partial charge in [-0.1, -0.05) is 18.2 Å². The maximum Gasteiger partial charge on any atom is 0.234 e. The van der Waals surface area contributed by atoms with Crippen LogP contribution >= 0.6 is 12.4 Å². The molecule has 1 fully saturated rings. The van der Waals surface area contributed by atoms with Crippen LogP contribution in [0.25, 0.3) is 0 Å². The van der Waals surface area contributed by atoms with Crippen molar-refractivity contribution in [3.05, 3.63) is 30.3 Å². The van der Waals surface area contributed by atoms with Gasteiger partial charge in [0.2, 0.25) is 5.91 Å². The number of piperazine rings is 1. The Hall–Kier alpha value is -1.30. The summed E-state index contributed by atoms with van der Waals surface area (Å²) in [5.74, 6) is 0.0623. The lowest BCUT2D eigenvalue weighted by Gasteiger charge is -2.39. The summed E-state index contributed by atoms with van der Waals surface area (Å²) in [6.07, 6.45) is 0. The fraction of sp³-hybridized carbons (Fsp3) is 0.562. The Bertz CT molecular complexity index is 435. The number of likely N-dealkylation sites (N-methyl/N-ethyl adjacent to an activating group) is 1. The summed E-state index contributed by atoms with van der Waals surface area (Å²) in [7, 11) is 1.78. The van der Waals surface area contributed by atoms with Crippen molar-refractivity contribution in [1.82, 2.24) is 15.5 Å². The summed E-state index contributed by atoms with van der Waals surface area (Å²) in [5, 5.41) is 5.83. The van der Waals surface area contributed by atoms with E-state index < -0.39 is 0 Å². The van der Waals surface area contributed by atoms with Crippen LogP contribution in [0.15, 0.2) is 30.3 Å². The van der Waals surface area contributed by atoms with Crippen molar-refractivity contribution in [2.24, 2.45) is 0 Å². The van der Waals surface area contributed by atoms with Gasteiger partial charge in [0.25, 0.3) is 0 Å². The second-order valence-corrected chi connectivity index (χ2v) is 5.54. The van der Waals surface area contributed by atoms with Crippen LogP contribution in [-0.4, -0.2) is 63.2 Å². The Labute approximate surface area is 139 Å². The van der Waals surface area contributed by atoms with Gasteiger partial charge in [-0.3, -0.25) is 9.69 Å². The molecule has 1 amide bonds. The molecule has 1 heterocycles. The van der Waals surface area contributed by atoms with E-state index in [0.717, 1.165) is 26.2 Å². The molecule has 1 atom stereocenters. The van der Waals surface area contributed by atoms with Gasteiger partial charge < -0.3 is 15.5 Å². The summed E-state index contributed by atoms with van der Waals surface area (Å²) in [4.78, 5) is 16.3. The first kappa shape index (κ1) is 18.7. The minimum Gasteiger partial charge on any atom is -0.369 e. The molecule has 2 rings (SSSR count). The zero-order valence-corrected chi connectivity index (χ0v) is 14.2. The van der Waals surface area contributed by atoms with E-state index >= 15 is 0 Å². The molecule has 2 N–H and O–H groups in total. The number of nitrogens with zero attached hydrogens (tertiary/aromatic N) is 2. The van der Waals surface area contributed by atoms with Gasteiger partial charge in [-0.25, -0.2) is 0 Å². The fourth-order valence-corrected chi connectivity index (χ4v) is 2.67. The number of halogens is 1. The molecular weight excluding hydrogens is 300 g/mol. The average molecular weight is 327 g/mol. The van der Waals surface area contributed by atoms with Crippen molar-refractivity contribution in [2.45, 2.75) is 13.0 Å². The predicted octanol–water partition coefficient (Wildman–Crippen LogP) is 0.955. The van der Waals surface area contributed by atoms with E-state index in [1.165, 1.54) is 5.69 Å². The zero-order chi connectivity index (χ0) is 15.1. The Balaban J connectivity index is 0.00000242. The van der Waals surface area contributed by atoms with Gasteiger partial charge in [-0.2, -0.15) is 0 Å². The minimum absolute atomic E-state index is 0. The molecule has 5 nitrogen and oxygen atoms in total. The second kappa shape index (κ2) is 9.66. The average Bonchev–Trinajstić information content (AvgIpc) is 2.54. The molecule has 6 heteroatoms.